The first-order chi connectivity index (χ1) is 9.36. The largest absolute Gasteiger partial charge is 0.383 e. The third kappa shape index (κ3) is 5.11. The number of hydrogen-bond acceptors (Lipinski definition) is 4. The van der Waals surface area contributed by atoms with Crippen LogP contribution in [0.1, 0.15) is 27.2 Å². The summed E-state index contributed by atoms with van der Waals surface area (Å²) in [7, 11) is -3.39. The predicted octanol–water partition coefficient (Wildman–Crippen LogP) is 1.77. The van der Waals surface area contributed by atoms with Crippen molar-refractivity contribution in [2.45, 2.75) is 38.1 Å². The standard InChI is InChI=1S/C14H25N3O2S/c1-4-9-17-20(18,19)13-7-5-12(6-8-13)16-10-14(15)11(2)3/h5-8,11,14,16-17H,4,9-10,15H2,1-3H3. The molecule has 1 unspecified atom stereocenters. The molecule has 1 atom stereocenters. The number of sulfonamides is 1. The Kier molecular flexibility index (Phi) is 6.45. The lowest BCUT2D eigenvalue weighted by Crippen LogP contribution is -2.34. The zero-order valence-electron chi connectivity index (χ0n) is 12.4. The van der Waals surface area contributed by atoms with E-state index in [9.17, 15) is 8.42 Å². The monoisotopic (exact) mass is 299 g/mol. The number of anilines is 1. The second-order valence-corrected chi connectivity index (χ2v) is 6.98. The van der Waals surface area contributed by atoms with E-state index in [0.717, 1.165) is 12.1 Å². The van der Waals surface area contributed by atoms with Gasteiger partial charge in [-0.1, -0.05) is 20.8 Å². The zero-order chi connectivity index (χ0) is 15.2. The molecule has 0 spiro atoms. The van der Waals surface area contributed by atoms with Gasteiger partial charge in [0.1, 0.15) is 0 Å². The van der Waals surface area contributed by atoms with E-state index in [2.05, 4.69) is 23.9 Å². The molecule has 4 N–H and O–H groups in total. The number of nitrogens with one attached hydrogen (secondary N) is 2. The van der Waals surface area contributed by atoms with Crippen LogP contribution in [0.4, 0.5) is 5.69 Å². The van der Waals surface area contributed by atoms with Gasteiger partial charge in [0.05, 0.1) is 4.90 Å². The summed E-state index contributed by atoms with van der Waals surface area (Å²) < 4.78 is 26.4. The minimum absolute atomic E-state index is 0.0737. The highest BCUT2D eigenvalue weighted by molar-refractivity contribution is 7.89. The first-order valence-electron chi connectivity index (χ1n) is 6.96. The maximum Gasteiger partial charge on any atom is 0.240 e. The fourth-order valence-electron chi connectivity index (χ4n) is 1.54. The van der Waals surface area contributed by atoms with Gasteiger partial charge in [-0.05, 0) is 36.6 Å². The maximum atomic E-state index is 11.9. The molecule has 0 amide bonds. The molecule has 1 aromatic rings. The van der Waals surface area contributed by atoms with Gasteiger partial charge in [-0.3, -0.25) is 0 Å². The van der Waals surface area contributed by atoms with Crippen molar-refractivity contribution in [1.29, 1.82) is 0 Å². The van der Waals surface area contributed by atoms with Crippen molar-refractivity contribution in [2.75, 3.05) is 18.4 Å². The van der Waals surface area contributed by atoms with Gasteiger partial charge in [-0.25, -0.2) is 13.1 Å². The normalized spacial score (nSPS) is 13.4. The van der Waals surface area contributed by atoms with E-state index in [1.165, 1.54) is 0 Å². The van der Waals surface area contributed by atoms with Gasteiger partial charge in [-0.15, -0.1) is 0 Å². The predicted molar refractivity (Wildman–Crippen MR) is 83.2 cm³/mol. The molecule has 0 aliphatic carbocycles. The minimum atomic E-state index is -3.39. The van der Waals surface area contributed by atoms with Crippen LogP contribution in [0, 0.1) is 5.92 Å². The van der Waals surface area contributed by atoms with E-state index >= 15 is 0 Å². The molecule has 114 valence electrons. The van der Waals surface area contributed by atoms with Crippen molar-refractivity contribution < 1.29 is 8.42 Å². The van der Waals surface area contributed by atoms with Crippen molar-refractivity contribution in [3.05, 3.63) is 24.3 Å². The van der Waals surface area contributed by atoms with E-state index in [1.807, 2.05) is 6.92 Å². The minimum Gasteiger partial charge on any atom is -0.383 e. The Morgan fingerprint density at radius 1 is 1.20 bits per heavy atom. The summed E-state index contributed by atoms with van der Waals surface area (Å²) >= 11 is 0. The van der Waals surface area contributed by atoms with Gasteiger partial charge in [-0.2, -0.15) is 0 Å². The zero-order valence-corrected chi connectivity index (χ0v) is 13.2. The molecule has 0 radical (unpaired) electrons. The van der Waals surface area contributed by atoms with Crippen molar-refractivity contribution in [1.82, 2.24) is 4.72 Å². The number of rotatable bonds is 8. The SMILES string of the molecule is CCCNS(=O)(=O)c1ccc(NCC(N)C(C)C)cc1. The molecule has 0 fully saturated rings. The van der Waals surface area contributed by atoms with E-state index in [-0.39, 0.29) is 10.9 Å². The van der Waals surface area contributed by atoms with Gasteiger partial charge in [0.15, 0.2) is 0 Å². The van der Waals surface area contributed by atoms with Crippen LogP contribution in [0.3, 0.4) is 0 Å². The third-order valence-electron chi connectivity index (χ3n) is 3.10. The van der Waals surface area contributed by atoms with Crippen molar-refractivity contribution >= 4 is 15.7 Å². The number of benzene rings is 1. The summed E-state index contributed by atoms with van der Waals surface area (Å²) in [6.45, 7) is 7.18. The molecule has 0 bridgehead atoms. The molecule has 0 aromatic heterocycles. The first-order valence-corrected chi connectivity index (χ1v) is 8.44. The molecular formula is C14H25N3O2S. The van der Waals surface area contributed by atoms with Gasteiger partial charge in [0.25, 0.3) is 0 Å². The highest BCUT2D eigenvalue weighted by Crippen LogP contribution is 2.14. The number of nitrogens with two attached hydrogens (primary N) is 1. The average Bonchev–Trinajstić information content (AvgIpc) is 2.43. The van der Waals surface area contributed by atoms with Crippen LogP contribution in [0.2, 0.25) is 0 Å². The fraction of sp³-hybridized carbons (Fsp3) is 0.571. The summed E-state index contributed by atoms with van der Waals surface area (Å²) in [5, 5.41) is 3.21. The second-order valence-electron chi connectivity index (χ2n) is 5.21. The second kappa shape index (κ2) is 7.61. The molecule has 5 nitrogen and oxygen atoms in total. The van der Waals surface area contributed by atoms with Gasteiger partial charge in [0.2, 0.25) is 10.0 Å². The van der Waals surface area contributed by atoms with Crippen LogP contribution in [0.25, 0.3) is 0 Å². The first kappa shape index (κ1) is 16.9. The Morgan fingerprint density at radius 2 is 1.80 bits per heavy atom. The summed E-state index contributed by atoms with van der Waals surface area (Å²) in [5.41, 5.74) is 6.82. The van der Waals surface area contributed by atoms with E-state index in [0.29, 0.717) is 19.0 Å². The van der Waals surface area contributed by atoms with Crippen LogP contribution in [0.15, 0.2) is 29.2 Å². The van der Waals surface area contributed by atoms with Gasteiger partial charge in [0, 0.05) is 24.8 Å². The third-order valence-corrected chi connectivity index (χ3v) is 4.58. The molecule has 20 heavy (non-hydrogen) atoms. The molecule has 0 saturated carbocycles. The van der Waals surface area contributed by atoms with Crippen molar-refractivity contribution in [3.8, 4) is 0 Å². The van der Waals surface area contributed by atoms with Crippen LogP contribution >= 0.6 is 0 Å². The Hall–Kier alpha value is -1.11. The smallest absolute Gasteiger partial charge is 0.240 e. The lowest BCUT2D eigenvalue weighted by Gasteiger charge is -2.17. The molecule has 1 aromatic carbocycles. The molecule has 1 rings (SSSR count). The highest BCUT2D eigenvalue weighted by Gasteiger charge is 2.12. The Morgan fingerprint density at radius 3 is 2.30 bits per heavy atom. The van der Waals surface area contributed by atoms with Gasteiger partial charge < -0.3 is 11.1 Å². The number of hydrogen-bond donors (Lipinski definition) is 3. The average molecular weight is 299 g/mol. The Balaban J connectivity index is 2.65. The van der Waals surface area contributed by atoms with E-state index in [4.69, 9.17) is 5.73 Å². The Labute approximate surface area is 122 Å². The molecule has 0 aliphatic rings. The molecule has 6 heteroatoms. The summed E-state index contributed by atoms with van der Waals surface area (Å²) in [4.78, 5) is 0.282. The van der Waals surface area contributed by atoms with Crippen LogP contribution in [0.5, 0.6) is 0 Å². The summed E-state index contributed by atoms with van der Waals surface area (Å²) in [6.07, 6.45) is 0.770. The van der Waals surface area contributed by atoms with Crippen molar-refractivity contribution in [3.63, 3.8) is 0 Å². The van der Waals surface area contributed by atoms with E-state index < -0.39 is 10.0 Å². The molecule has 0 heterocycles. The summed E-state index contributed by atoms with van der Waals surface area (Å²) in [5.74, 6) is 0.403. The van der Waals surface area contributed by atoms with Crippen LogP contribution < -0.4 is 15.8 Å². The lowest BCUT2D eigenvalue weighted by molar-refractivity contribution is 0.511. The van der Waals surface area contributed by atoms with Gasteiger partial charge >= 0.3 is 0 Å². The molecule has 0 saturated heterocycles. The summed E-state index contributed by atoms with van der Waals surface area (Å²) in [6, 6.07) is 6.79. The highest BCUT2D eigenvalue weighted by atomic mass is 32.2. The van der Waals surface area contributed by atoms with Crippen molar-refractivity contribution in [2.24, 2.45) is 11.7 Å². The Bertz CT molecular complexity index is 498. The maximum absolute atomic E-state index is 11.9. The quantitative estimate of drug-likeness (QED) is 0.683. The molecule has 0 aliphatic heterocycles. The fourth-order valence-corrected chi connectivity index (χ4v) is 2.68. The topological polar surface area (TPSA) is 84.2 Å². The lowest BCUT2D eigenvalue weighted by atomic mass is 10.1. The molecular weight excluding hydrogens is 274 g/mol. The van der Waals surface area contributed by atoms with E-state index in [1.54, 1.807) is 24.3 Å². The van der Waals surface area contributed by atoms with Crippen LogP contribution in [-0.4, -0.2) is 27.5 Å². The van der Waals surface area contributed by atoms with Crippen LogP contribution in [-0.2, 0) is 10.0 Å².